The van der Waals surface area contributed by atoms with Crippen molar-refractivity contribution in [3.05, 3.63) is 29.6 Å². The van der Waals surface area contributed by atoms with Crippen LogP contribution in [0.1, 0.15) is 31.7 Å². The van der Waals surface area contributed by atoms with Gasteiger partial charge in [-0.1, -0.05) is 19.1 Å². The van der Waals surface area contributed by atoms with Gasteiger partial charge in [-0.05, 0) is 31.2 Å². The van der Waals surface area contributed by atoms with E-state index in [9.17, 15) is 4.39 Å². The fraction of sp³-hybridized carbons (Fsp3) is 0.600. The van der Waals surface area contributed by atoms with Crippen LogP contribution >= 0.6 is 0 Å². The van der Waals surface area contributed by atoms with Gasteiger partial charge in [-0.2, -0.15) is 0 Å². The molecule has 2 N–H and O–H groups in total. The Hall–Kier alpha value is -1.13. The Morgan fingerprint density at radius 2 is 2.26 bits per heavy atom. The highest BCUT2D eigenvalue weighted by molar-refractivity contribution is 5.30. The number of nitrogens with two attached hydrogens (primary N) is 1. The molecule has 0 aromatic heterocycles. The number of benzene rings is 1. The van der Waals surface area contributed by atoms with Crippen LogP contribution in [0.15, 0.2) is 18.2 Å². The van der Waals surface area contributed by atoms with Gasteiger partial charge < -0.3 is 15.2 Å². The first-order valence-electron chi connectivity index (χ1n) is 6.75. The second-order valence-electron chi connectivity index (χ2n) is 5.46. The van der Waals surface area contributed by atoms with E-state index in [1.807, 2.05) is 0 Å². The molecule has 0 aliphatic heterocycles. The predicted molar refractivity (Wildman–Crippen MR) is 72.5 cm³/mol. The van der Waals surface area contributed by atoms with Gasteiger partial charge in [0.1, 0.15) is 0 Å². The summed E-state index contributed by atoms with van der Waals surface area (Å²) in [5.74, 6) is 0.532. The minimum absolute atomic E-state index is 0.243. The number of rotatable bonds is 5. The molecule has 3 nitrogen and oxygen atoms in total. The van der Waals surface area contributed by atoms with Crippen molar-refractivity contribution in [2.45, 2.75) is 38.4 Å². The number of halogens is 1. The highest BCUT2D eigenvalue weighted by Crippen LogP contribution is 2.37. The first kappa shape index (κ1) is 14.3. The highest BCUT2D eigenvalue weighted by atomic mass is 19.1. The molecule has 4 heteroatoms. The largest absolute Gasteiger partial charge is 0.494 e. The van der Waals surface area contributed by atoms with E-state index in [0.29, 0.717) is 18.0 Å². The summed E-state index contributed by atoms with van der Waals surface area (Å²) < 4.78 is 24.9. The second-order valence-corrected chi connectivity index (χ2v) is 5.46. The fourth-order valence-electron chi connectivity index (χ4n) is 2.78. The topological polar surface area (TPSA) is 44.5 Å². The maximum absolute atomic E-state index is 14.0. The maximum Gasteiger partial charge on any atom is 0.170 e. The minimum atomic E-state index is -0.344. The van der Waals surface area contributed by atoms with Crippen molar-refractivity contribution in [1.29, 1.82) is 0 Å². The minimum Gasteiger partial charge on any atom is -0.494 e. The molecule has 0 saturated heterocycles. The number of ether oxygens (including phenoxy) is 2. The van der Waals surface area contributed by atoms with E-state index < -0.39 is 0 Å². The summed E-state index contributed by atoms with van der Waals surface area (Å²) in [6.45, 7) is 2.93. The molecular formula is C15H22FNO2. The van der Waals surface area contributed by atoms with Crippen molar-refractivity contribution in [3.8, 4) is 5.75 Å². The van der Waals surface area contributed by atoms with Crippen LogP contribution in [0.5, 0.6) is 5.75 Å². The second kappa shape index (κ2) is 5.88. The van der Waals surface area contributed by atoms with E-state index in [0.717, 1.165) is 19.3 Å². The van der Waals surface area contributed by atoms with Gasteiger partial charge in [-0.3, -0.25) is 0 Å². The van der Waals surface area contributed by atoms with Crippen LogP contribution < -0.4 is 10.5 Å². The number of hydrogen-bond acceptors (Lipinski definition) is 3. The smallest absolute Gasteiger partial charge is 0.170 e. The van der Waals surface area contributed by atoms with Crippen LogP contribution in [0.3, 0.4) is 0 Å². The maximum atomic E-state index is 14.0. The Balaban J connectivity index is 2.06. The quantitative estimate of drug-likeness (QED) is 0.892. The Bertz CT molecular complexity index is 438. The van der Waals surface area contributed by atoms with Crippen LogP contribution in [-0.4, -0.2) is 19.3 Å². The first-order valence-corrected chi connectivity index (χ1v) is 6.75. The zero-order chi connectivity index (χ0) is 13.9. The van der Waals surface area contributed by atoms with E-state index in [4.69, 9.17) is 15.2 Å². The van der Waals surface area contributed by atoms with Gasteiger partial charge in [-0.25, -0.2) is 4.39 Å². The lowest BCUT2D eigenvalue weighted by Gasteiger charge is -2.28. The van der Waals surface area contributed by atoms with E-state index in [1.54, 1.807) is 18.2 Å². The third-order valence-electron chi connectivity index (χ3n) is 3.98. The summed E-state index contributed by atoms with van der Waals surface area (Å²) in [6.07, 6.45) is 3.03. The predicted octanol–water partition coefficient (Wildman–Crippen LogP) is 2.87. The van der Waals surface area contributed by atoms with Crippen molar-refractivity contribution in [1.82, 2.24) is 0 Å². The lowest BCUT2D eigenvalue weighted by Crippen LogP contribution is -2.38. The molecule has 0 radical (unpaired) electrons. The average Bonchev–Trinajstić information content (AvgIpc) is 2.80. The van der Waals surface area contributed by atoms with Crippen LogP contribution in [-0.2, 0) is 11.3 Å². The molecule has 1 aromatic rings. The highest BCUT2D eigenvalue weighted by Gasteiger charge is 2.37. The number of methoxy groups -OCH3 is 1. The third kappa shape index (κ3) is 3.07. The average molecular weight is 267 g/mol. The molecule has 1 aliphatic rings. The monoisotopic (exact) mass is 267 g/mol. The molecule has 2 unspecified atom stereocenters. The lowest BCUT2D eigenvalue weighted by atomic mass is 10.0. The van der Waals surface area contributed by atoms with Gasteiger partial charge in [0.25, 0.3) is 0 Å². The fourth-order valence-corrected chi connectivity index (χ4v) is 2.78. The summed E-state index contributed by atoms with van der Waals surface area (Å²) in [4.78, 5) is 0. The molecule has 1 aliphatic carbocycles. The van der Waals surface area contributed by atoms with Crippen LogP contribution in [0.25, 0.3) is 0 Å². The Morgan fingerprint density at radius 1 is 1.47 bits per heavy atom. The molecule has 1 saturated carbocycles. The molecule has 19 heavy (non-hydrogen) atoms. The Morgan fingerprint density at radius 3 is 2.84 bits per heavy atom. The molecule has 0 bridgehead atoms. The van der Waals surface area contributed by atoms with Gasteiger partial charge in [0.15, 0.2) is 11.6 Å². The third-order valence-corrected chi connectivity index (χ3v) is 3.98. The van der Waals surface area contributed by atoms with E-state index in [2.05, 4.69) is 6.92 Å². The van der Waals surface area contributed by atoms with Gasteiger partial charge in [-0.15, -0.1) is 0 Å². The molecule has 0 spiro atoms. The van der Waals surface area contributed by atoms with Crippen molar-refractivity contribution in [2.75, 3.05) is 13.7 Å². The summed E-state index contributed by atoms with van der Waals surface area (Å²) in [5.41, 5.74) is 6.08. The Labute approximate surface area is 113 Å². The van der Waals surface area contributed by atoms with E-state index in [-0.39, 0.29) is 23.8 Å². The molecule has 106 valence electrons. The first-order chi connectivity index (χ1) is 9.10. The summed E-state index contributed by atoms with van der Waals surface area (Å²) in [6, 6.07) is 5.10. The van der Waals surface area contributed by atoms with Crippen molar-refractivity contribution in [2.24, 2.45) is 11.7 Å². The molecule has 0 heterocycles. The zero-order valence-electron chi connectivity index (χ0n) is 11.6. The Kier molecular flexibility index (Phi) is 4.42. The molecule has 2 rings (SSSR count). The van der Waals surface area contributed by atoms with Crippen LogP contribution in [0, 0.1) is 11.7 Å². The molecular weight excluding hydrogens is 245 g/mol. The standard InChI is InChI=1S/C15H22FNO2/c1-11-6-7-15(8-11,10-17)19-9-12-4-3-5-13(18-2)14(12)16/h3-5,11H,6-10,17H2,1-2H3. The van der Waals surface area contributed by atoms with Crippen molar-refractivity contribution in [3.63, 3.8) is 0 Å². The molecule has 2 atom stereocenters. The molecule has 1 aromatic carbocycles. The molecule has 0 amide bonds. The summed E-state index contributed by atoms with van der Waals surface area (Å²) >= 11 is 0. The van der Waals surface area contributed by atoms with Gasteiger partial charge in [0, 0.05) is 12.1 Å². The van der Waals surface area contributed by atoms with Crippen molar-refractivity contribution >= 4 is 0 Å². The van der Waals surface area contributed by atoms with Crippen LogP contribution in [0.2, 0.25) is 0 Å². The normalized spacial score (nSPS) is 26.6. The van der Waals surface area contributed by atoms with E-state index in [1.165, 1.54) is 7.11 Å². The lowest BCUT2D eigenvalue weighted by molar-refractivity contribution is -0.0481. The summed E-state index contributed by atoms with van der Waals surface area (Å²) in [7, 11) is 1.46. The van der Waals surface area contributed by atoms with Gasteiger partial charge in [0.05, 0.1) is 19.3 Å². The molecule has 1 fully saturated rings. The summed E-state index contributed by atoms with van der Waals surface area (Å²) in [5, 5.41) is 0. The SMILES string of the molecule is COc1cccc(COC2(CN)CCC(C)C2)c1F. The van der Waals surface area contributed by atoms with Gasteiger partial charge in [0.2, 0.25) is 0 Å². The van der Waals surface area contributed by atoms with Crippen LogP contribution in [0.4, 0.5) is 4.39 Å². The number of hydrogen-bond donors (Lipinski definition) is 1. The van der Waals surface area contributed by atoms with Crippen molar-refractivity contribution < 1.29 is 13.9 Å². The van der Waals surface area contributed by atoms with Gasteiger partial charge >= 0.3 is 0 Å². The van der Waals surface area contributed by atoms with E-state index >= 15 is 0 Å². The zero-order valence-corrected chi connectivity index (χ0v) is 11.6.